The second-order valence-electron chi connectivity index (χ2n) is 5.74. The van der Waals surface area contributed by atoms with Crippen molar-refractivity contribution < 1.29 is 14.2 Å². The van der Waals surface area contributed by atoms with Gasteiger partial charge < -0.3 is 25.5 Å². The molecule has 1 amide bonds. The first-order valence-electron chi connectivity index (χ1n) is 7.20. The summed E-state index contributed by atoms with van der Waals surface area (Å²) in [5, 5.41) is 7.57. The molecule has 7 heteroatoms. The molecule has 0 aliphatic carbocycles. The number of amides is 1. The van der Waals surface area contributed by atoms with E-state index in [2.05, 4.69) is 0 Å². The van der Waals surface area contributed by atoms with Crippen LogP contribution in [0, 0.1) is 5.41 Å². The maximum Gasteiger partial charge on any atom is 0.253 e. The molecule has 0 saturated carbocycles. The molecule has 0 aromatic heterocycles. The van der Waals surface area contributed by atoms with Crippen LogP contribution in [0.3, 0.4) is 0 Å². The summed E-state index contributed by atoms with van der Waals surface area (Å²) in [5.74, 6) is -0.0128. The van der Waals surface area contributed by atoms with Gasteiger partial charge in [-0.2, -0.15) is 0 Å². The fourth-order valence-electron chi connectivity index (χ4n) is 2.52. The molecule has 0 bridgehead atoms. The molecule has 1 heterocycles. The Balaban J connectivity index is 1.96. The molecular formula is C15H22N3O3P. The van der Waals surface area contributed by atoms with Crippen LogP contribution < -0.4 is 5.73 Å². The second kappa shape index (κ2) is 7.29. The summed E-state index contributed by atoms with van der Waals surface area (Å²) in [7, 11) is -0.552. The number of nitrogens with one attached hydrogen (secondary N) is 1. The van der Waals surface area contributed by atoms with Gasteiger partial charge in [0.05, 0.1) is 6.61 Å². The van der Waals surface area contributed by atoms with Gasteiger partial charge in [-0.25, -0.2) is 0 Å². The minimum atomic E-state index is -0.552. The first-order chi connectivity index (χ1) is 10.4. The molecule has 1 atom stereocenters. The van der Waals surface area contributed by atoms with Gasteiger partial charge in [0.1, 0.15) is 0 Å². The number of rotatable bonds is 5. The largest absolute Gasteiger partial charge is 0.352 e. The number of hydrogen-bond acceptors (Lipinski definition) is 5. The van der Waals surface area contributed by atoms with Gasteiger partial charge in [0, 0.05) is 29.9 Å². The van der Waals surface area contributed by atoms with Gasteiger partial charge in [0.25, 0.3) is 5.91 Å². The fourth-order valence-corrected chi connectivity index (χ4v) is 2.87. The van der Waals surface area contributed by atoms with Crippen LogP contribution in [0.25, 0.3) is 0 Å². The predicted octanol–water partition coefficient (Wildman–Crippen LogP) is 1.53. The zero-order chi connectivity index (χ0) is 16.2. The van der Waals surface area contributed by atoms with Crippen LogP contribution >= 0.6 is 9.03 Å². The summed E-state index contributed by atoms with van der Waals surface area (Å²) >= 11 is 0. The highest BCUT2D eigenvalue weighted by molar-refractivity contribution is 7.24. The fraction of sp³-hybridized carbons (Fsp3) is 0.467. The van der Waals surface area contributed by atoms with Crippen molar-refractivity contribution in [3.8, 4) is 0 Å². The van der Waals surface area contributed by atoms with E-state index in [1.807, 2.05) is 0 Å². The summed E-state index contributed by atoms with van der Waals surface area (Å²) in [4.78, 5) is 23.0. The Labute approximate surface area is 132 Å². The zero-order valence-electron chi connectivity index (χ0n) is 12.6. The lowest BCUT2D eigenvalue weighted by atomic mass is 9.89. The van der Waals surface area contributed by atoms with Crippen LogP contribution in [-0.4, -0.2) is 46.6 Å². The first kappa shape index (κ1) is 17.0. The van der Waals surface area contributed by atoms with Crippen molar-refractivity contribution in [2.24, 2.45) is 5.73 Å². The average molecular weight is 323 g/mol. The molecule has 22 heavy (non-hydrogen) atoms. The van der Waals surface area contributed by atoms with Gasteiger partial charge in [-0.05, 0) is 37.5 Å². The van der Waals surface area contributed by atoms with Gasteiger partial charge in [-0.3, -0.25) is 4.79 Å². The van der Waals surface area contributed by atoms with E-state index >= 15 is 0 Å². The molecule has 0 spiro atoms. The molecule has 0 radical (unpaired) electrons. The van der Waals surface area contributed by atoms with Gasteiger partial charge >= 0.3 is 0 Å². The van der Waals surface area contributed by atoms with E-state index in [0.717, 1.165) is 5.56 Å². The first-order valence-corrected chi connectivity index (χ1v) is 8.05. The van der Waals surface area contributed by atoms with Crippen molar-refractivity contribution >= 4 is 20.7 Å². The van der Waals surface area contributed by atoms with Crippen molar-refractivity contribution in [3.63, 3.8) is 0 Å². The highest BCUT2D eigenvalue weighted by Gasteiger charge is 2.33. The van der Waals surface area contributed by atoms with Crippen molar-refractivity contribution in [1.82, 2.24) is 4.90 Å². The number of nitrogens with zero attached hydrogens (tertiary/aromatic N) is 1. The predicted molar refractivity (Wildman–Crippen MR) is 87.5 cm³/mol. The third-order valence-corrected chi connectivity index (χ3v) is 4.31. The van der Waals surface area contributed by atoms with Crippen molar-refractivity contribution in [2.45, 2.75) is 25.3 Å². The number of likely N-dealkylation sites (tertiary alicyclic amines) is 1. The monoisotopic (exact) mass is 323 g/mol. The summed E-state index contributed by atoms with van der Waals surface area (Å²) in [5.41, 5.74) is 7.67. The Hall–Kier alpha value is -1.33. The highest BCUT2D eigenvalue weighted by atomic mass is 31.1. The lowest BCUT2D eigenvalue weighted by Crippen LogP contribution is -2.54. The molecule has 1 aromatic carbocycles. The van der Waals surface area contributed by atoms with Crippen LogP contribution in [0.15, 0.2) is 24.3 Å². The summed E-state index contributed by atoms with van der Waals surface area (Å²) < 4.78 is 5.03. The number of hydrogen-bond donors (Lipinski definition) is 3. The molecule has 1 aliphatic heterocycles. The minimum absolute atomic E-state index is 0.0128. The molecule has 120 valence electrons. The topological polar surface area (TPSA) is 99.6 Å². The molecule has 1 aromatic rings. The summed E-state index contributed by atoms with van der Waals surface area (Å²) in [6.07, 6.45) is 1.31. The molecule has 1 unspecified atom stereocenters. The number of nitrogens with two attached hydrogens (primary N) is 1. The van der Waals surface area contributed by atoms with Crippen LogP contribution in [-0.2, 0) is 4.52 Å². The molecule has 2 rings (SSSR count). The molecule has 4 N–H and O–H groups in total. The molecule has 1 fully saturated rings. The number of benzene rings is 1. The van der Waals surface area contributed by atoms with Gasteiger partial charge in [0.15, 0.2) is 9.03 Å². The van der Waals surface area contributed by atoms with E-state index in [1.165, 1.54) is 0 Å². The maximum atomic E-state index is 12.5. The van der Waals surface area contributed by atoms with Crippen LogP contribution in [0.5, 0.6) is 0 Å². The number of carbonyl (C=O) groups excluding carboxylic acids is 1. The van der Waals surface area contributed by atoms with Crippen LogP contribution in [0.1, 0.15) is 35.7 Å². The van der Waals surface area contributed by atoms with Crippen molar-refractivity contribution in [2.75, 3.05) is 19.7 Å². The zero-order valence-corrected chi connectivity index (χ0v) is 13.6. The van der Waals surface area contributed by atoms with Gasteiger partial charge in [-0.15, -0.1) is 0 Å². The van der Waals surface area contributed by atoms with E-state index < -0.39 is 14.6 Å². The lowest BCUT2D eigenvalue weighted by Gasteiger charge is -2.38. The smallest absolute Gasteiger partial charge is 0.253 e. The van der Waals surface area contributed by atoms with E-state index in [0.29, 0.717) is 43.8 Å². The third-order valence-electron chi connectivity index (χ3n) is 4.04. The van der Waals surface area contributed by atoms with Gasteiger partial charge in [0.2, 0.25) is 0 Å². The van der Waals surface area contributed by atoms with Crippen LogP contribution in [0.4, 0.5) is 0 Å². The van der Waals surface area contributed by atoms with E-state index in [-0.39, 0.29) is 5.91 Å². The van der Waals surface area contributed by atoms with E-state index in [9.17, 15) is 4.79 Å². The molecular weight excluding hydrogens is 301 g/mol. The van der Waals surface area contributed by atoms with Gasteiger partial charge in [-0.1, -0.05) is 12.1 Å². The average Bonchev–Trinajstić information content (AvgIpc) is 2.53. The molecule has 6 nitrogen and oxygen atoms in total. The Bertz CT molecular complexity index is 539. The van der Waals surface area contributed by atoms with Crippen molar-refractivity contribution in [1.29, 1.82) is 5.41 Å². The number of carbonyl (C=O) groups is 1. The van der Waals surface area contributed by atoms with E-state index in [4.69, 9.17) is 20.6 Å². The Morgan fingerprint density at radius 2 is 1.91 bits per heavy atom. The molecule has 1 saturated heterocycles. The third kappa shape index (κ3) is 4.11. The second-order valence-corrected chi connectivity index (χ2v) is 6.21. The lowest BCUT2D eigenvalue weighted by molar-refractivity contribution is 0.0628. The Morgan fingerprint density at radius 1 is 1.36 bits per heavy atom. The highest BCUT2D eigenvalue weighted by Crippen LogP contribution is 2.23. The van der Waals surface area contributed by atoms with E-state index in [1.54, 1.807) is 36.1 Å². The molecule has 1 aliphatic rings. The minimum Gasteiger partial charge on any atom is -0.352 e. The normalized spacial score (nSPS) is 17.9. The maximum absolute atomic E-state index is 12.5. The van der Waals surface area contributed by atoms with Crippen molar-refractivity contribution in [3.05, 3.63) is 35.4 Å². The Kier molecular flexibility index (Phi) is 5.64. The summed E-state index contributed by atoms with van der Waals surface area (Å²) in [6, 6.07) is 7.11. The quantitative estimate of drug-likeness (QED) is 0.565. The standard InChI is InChI=1S/C15H22N3O3P/c1-11(16)12-2-4-13(5-3-12)14(19)18-8-6-15(17,7-9-18)10-21-22-20/h2-5,16,20,22H,6-10,17H2,1H3. The summed E-state index contributed by atoms with van der Waals surface area (Å²) in [6.45, 7) is 3.20. The SMILES string of the molecule is CC(=N)c1ccc(C(=O)N2CCC(N)(COPO)CC2)cc1. The Morgan fingerprint density at radius 3 is 2.41 bits per heavy atom. The van der Waals surface area contributed by atoms with Crippen LogP contribution in [0.2, 0.25) is 0 Å². The number of piperidine rings is 1.